The Balaban J connectivity index is 1.42. The number of pyridine rings is 2. The first-order chi connectivity index (χ1) is 14.5. The Kier molecular flexibility index (Phi) is 5.44. The Hall–Kier alpha value is -3.72. The van der Waals surface area contributed by atoms with Crippen LogP contribution in [-0.4, -0.2) is 23.1 Å². The first-order valence-electron chi connectivity index (χ1n) is 9.35. The standard InChI is InChI=1S/C21H21FN6O2/c1-12-8-13(6-7-23-12)20-15-11-24-19(9-17(15)27-28-20)26-21(29)25-10-14-16(22)4-3-5-18(14)30-2/h3-9,11,20,27-28H,10H2,1-2H3,(H2,24,25,26,29). The molecular weight excluding hydrogens is 387 g/mol. The van der Waals surface area contributed by atoms with E-state index in [1.807, 2.05) is 19.1 Å². The number of halogens is 1. The SMILES string of the molecule is COc1cccc(F)c1CNC(=O)Nc1cc2c(cn1)C(c1ccnc(C)c1)NN2. The number of hydrogen-bond acceptors (Lipinski definition) is 6. The van der Waals surface area contributed by atoms with Crippen molar-refractivity contribution >= 4 is 17.5 Å². The van der Waals surface area contributed by atoms with Crippen molar-refractivity contribution < 1.29 is 13.9 Å². The summed E-state index contributed by atoms with van der Waals surface area (Å²) in [4.78, 5) is 20.8. The van der Waals surface area contributed by atoms with Gasteiger partial charge in [0.05, 0.1) is 25.4 Å². The van der Waals surface area contributed by atoms with Gasteiger partial charge in [-0.15, -0.1) is 0 Å². The molecular formula is C21H21FN6O2. The Morgan fingerprint density at radius 2 is 2.13 bits per heavy atom. The second-order valence-electron chi connectivity index (χ2n) is 6.82. The summed E-state index contributed by atoms with van der Waals surface area (Å²) < 4.78 is 19.1. The summed E-state index contributed by atoms with van der Waals surface area (Å²) in [5.74, 6) is 0.296. The van der Waals surface area contributed by atoms with Crippen LogP contribution in [0.15, 0.2) is 48.8 Å². The van der Waals surface area contributed by atoms with Gasteiger partial charge in [-0.25, -0.2) is 19.6 Å². The van der Waals surface area contributed by atoms with Crippen molar-refractivity contribution in [3.8, 4) is 5.75 Å². The normalized spacial score (nSPS) is 14.6. The van der Waals surface area contributed by atoms with Crippen molar-refractivity contribution in [1.29, 1.82) is 0 Å². The summed E-state index contributed by atoms with van der Waals surface area (Å²) in [5, 5.41) is 5.28. The molecule has 4 rings (SSSR count). The van der Waals surface area contributed by atoms with Gasteiger partial charge in [0.15, 0.2) is 0 Å². The number of carbonyl (C=O) groups is 1. The molecule has 8 nitrogen and oxygen atoms in total. The van der Waals surface area contributed by atoms with Crippen LogP contribution < -0.4 is 26.2 Å². The molecule has 0 fully saturated rings. The summed E-state index contributed by atoms with van der Waals surface area (Å²) >= 11 is 0. The zero-order valence-electron chi connectivity index (χ0n) is 16.5. The third-order valence-electron chi connectivity index (χ3n) is 4.81. The van der Waals surface area contributed by atoms with Crippen LogP contribution >= 0.6 is 0 Å². The van der Waals surface area contributed by atoms with Gasteiger partial charge in [-0.05, 0) is 36.8 Å². The van der Waals surface area contributed by atoms with Crippen molar-refractivity contribution in [2.45, 2.75) is 19.5 Å². The van der Waals surface area contributed by atoms with Crippen molar-refractivity contribution in [2.24, 2.45) is 0 Å². The Labute approximate surface area is 172 Å². The number of nitrogens with one attached hydrogen (secondary N) is 4. The quantitative estimate of drug-likeness (QED) is 0.517. The Morgan fingerprint density at radius 3 is 2.93 bits per heavy atom. The van der Waals surface area contributed by atoms with Crippen LogP contribution in [0.25, 0.3) is 0 Å². The topological polar surface area (TPSA) is 100 Å². The van der Waals surface area contributed by atoms with Crippen LogP contribution in [0.2, 0.25) is 0 Å². The molecule has 0 spiro atoms. The molecule has 0 saturated heterocycles. The van der Waals surface area contributed by atoms with E-state index in [0.717, 1.165) is 22.5 Å². The van der Waals surface area contributed by atoms with E-state index in [9.17, 15) is 9.18 Å². The molecule has 0 aliphatic carbocycles. The summed E-state index contributed by atoms with van der Waals surface area (Å²) in [6, 6.07) is 9.63. The lowest BCUT2D eigenvalue weighted by Crippen LogP contribution is -2.29. The third kappa shape index (κ3) is 4.01. The van der Waals surface area contributed by atoms with Crippen LogP contribution in [0.3, 0.4) is 0 Å². The van der Waals surface area contributed by atoms with Gasteiger partial charge in [-0.3, -0.25) is 10.3 Å². The number of nitrogens with zero attached hydrogens (tertiary/aromatic N) is 2. The first-order valence-corrected chi connectivity index (χ1v) is 9.35. The third-order valence-corrected chi connectivity index (χ3v) is 4.81. The highest BCUT2D eigenvalue weighted by atomic mass is 19.1. The van der Waals surface area contributed by atoms with E-state index >= 15 is 0 Å². The van der Waals surface area contributed by atoms with Crippen molar-refractivity contribution in [3.05, 3.63) is 77.0 Å². The van der Waals surface area contributed by atoms with Crippen molar-refractivity contribution in [3.63, 3.8) is 0 Å². The number of hydrazine groups is 1. The second-order valence-corrected chi connectivity index (χ2v) is 6.82. The number of aryl methyl sites for hydroxylation is 1. The lowest BCUT2D eigenvalue weighted by molar-refractivity contribution is 0.251. The van der Waals surface area contributed by atoms with Gasteiger partial charge >= 0.3 is 6.03 Å². The molecule has 1 aliphatic heterocycles. The van der Waals surface area contributed by atoms with Crippen LogP contribution in [-0.2, 0) is 6.54 Å². The number of carbonyl (C=O) groups excluding carboxylic acids is 1. The highest BCUT2D eigenvalue weighted by Gasteiger charge is 2.24. The average Bonchev–Trinajstić information content (AvgIpc) is 3.16. The summed E-state index contributed by atoms with van der Waals surface area (Å²) in [6.45, 7) is 1.92. The maximum Gasteiger partial charge on any atom is 0.320 e. The van der Waals surface area contributed by atoms with Gasteiger partial charge in [-0.1, -0.05) is 6.07 Å². The van der Waals surface area contributed by atoms with Crippen LogP contribution in [0.1, 0.15) is 28.4 Å². The molecule has 0 saturated carbocycles. The maximum absolute atomic E-state index is 14.0. The molecule has 3 aromatic rings. The maximum atomic E-state index is 14.0. The van der Waals surface area contributed by atoms with E-state index in [4.69, 9.17) is 4.74 Å². The Bertz CT molecular complexity index is 1090. The predicted molar refractivity (Wildman–Crippen MR) is 111 cm³/mol. The molecule has 4 N–H and O–H groups in total. The number of methoxy groups -OCH3 is 1. The van der Waals surface area contributed by atoms with Crippen molar-refractivity contribution in [1.82, 2.24) is 20.7 Å². The lowest BCUT2D eigenvalue weighted by Gasteiger charge is -2.12. The molecule has 1 aromatic carbocycles. The number of hydrogen-bond donors (Lipinski definition) is 4. The highest BCUT2D eigenvalue weighted by Crippen LogP contribution is 2.33. The molecule has 0 bridgehead atoms. The second kappa shape index (κ2) is 8.34. The average molecular weight is 408 g/mol. The number of urea groups is 1. The number of benzene rings is 1. The first kappa shape index (κ1) is 19.6. The molecule has 9 heteroatoms. The minimum atomic E-state index is -0.500. The molecule has 2 amide bonds. The van der Waals surface area contributed by atoms with E-state index in [-0.39, 0.29) is 18.2 Å². The van der Waals surface area contributed by atoms with Crippen LogP contribution in [0, 0.1) is 12.7 Å². The summed E-state index contributed by atoms with van der Waals surface area (Å²) in [6.07, 6.45) is 3.47. The fourth-order valence-electron chi connectivity index (χ4n) is 3.34. The van der Waals surface area contributed by atoms with Gasteiger partial charge < -0.3 is 15.5 Å². The smallest absolute Gasteiger partial charge is 0.320 e. The number of aromatic nitrogens is 2. The molecule has 0 radical (unpaired) electrons. The molecule has 1 unspecified atom stereocenters. The monoisotopic (exact) mass is 408 g/mol. The predicted octanol–water partition coefficient (Wildman–Crippen LogP) is 3.27. The lowest BCUT2D eigenvalue weighted by atomic mass is 10.0. The van der Waals surface area contributed by atoms with Gasteiger partial charge in [-0.2, -0.15) is 0 Å². The van der Waals surface area contributed by atoms with Crippen LogP contribution in [0.4, 0.5) is 20.7 Å². The minimum absolute atomic E-state index is 0.0180. The number of anilines is 2. The van der Waals surface area contributed by atoms with Gasteiger partial charge in [0.25, 0.3) is 0 Å². The van der Waals surface area contributed by atoms with E-state index in [0.29, 0.717) is 11.6 Å². The van der Waals surface area contributed by atoms with Crippen molar-refractivity contribution in [2.75, 3.05) is 17.9 Å². The fraction of sp³-hybridized carbons (Fsp3) is 0.190. The summed E-state index contributed by atoms with van der Waals surface area (Å²) in [7, 11) is 1.45. The highest BCUT2D eigenvalue weighted by molar-refractivity contribution is 5.89. The van der Waals surface area contributed by atoms with E-state index in [1.54, 1.807) is 30.6 Å². The van der Waals surface area contributed by atoms with E-state index in [1.165, 1.54) is 13.2 Å². The molecule has 30 heavy (non-hydrogen) atoms. The van der Waals surface area contributed by atoms with Gasteiger partial charge in [0, 0.05) is 35.3 Å². The molecule has 3 heterocycles. The number of ether oxygens (including phenoxy) is 1. The Morgan fingerprint density at radius 1 is 1.27 bits per heavy atom. The van der Waals surface area contributed by atoms with Crippen LogP contribution in [0.5, 0.6) is 5.75 Å². The molecule has 1 aliphatic rings. The minimum Gasteiger partial charge on any atom is -0.496 e. The van der Waals surface area contributed by atoms with E-state index < -0.39 is 11.8 Å². The number of rotatable bonds is 5. The summed E-state index contributed by atoms with van der Waals surface area (Å²) in [5.41, 5.74) is 10.4. The van der Waals surface area contributed by atoms with Gasteiger partial charge in [0.1, 0.15) is 17.4 Å². The number of fused-ring (bicyclic) bond motifs is 1. The van der Waals surface area contributed by atoms with Gasteiger partial charge in [0.2, 0.25) is 0 Å². The zero-order chi connectivity index (χ0) is 21.1. The fourth-order valence-corrected chi connectivity index (χ4v) is 3.34. The largest absolute Gasteiger partial charge is 0.496 e. The molecule has 2 aromatic heterocycles. The van der Waals surface area contributed by atoms with E-state index in [2.05, 4.69) is 31.5 Å². The molecule has 1 atom stereocenters. The number of amides is 2. The molecule has 154 valence electrons. The zero-order valence-corrected chi connectivity index (χ0v) is 16.5.